The largest absolute Gasteiger partial charge is 0.337 e. The van der Waals surface area contributed by atoms with Gasteiger partial charge < -0.3 is 9.88 Å². The van der Waals surface area contributed by atoms with Crippen LogP contribution in [0, 0.1) is 12.7 Å². The van der Waals surface area contributed by atoms with Gasteiger partial charge in [0.2, 0.25) is 0 Å². The normalized spacial score (nSPS) is 13.7. The van der Waals surface area contributed by atoms with Crippen LogP contribution in [-0.4, -0.2) is 25.2 Å². The van der Waals surface area contributed by atoms with Gasteiger partial charge in [-0.25, -0.2) is 14.1 Å². The second kappa shape index (κ2) is 8.07. The number of aryl methyl sites for hydroxylation is 2. The number of amides is 1. The highest BCUT2D eigenvalue weighted by molar-refractivity contribution is 5.94. The maximum atomic E-state index is 14.0. The molecule has 0 aliphatic heterocycles. The maximum absolute atomic E-state index is 14.0. The van der Waals surface area contributed by atoms with E-state index in [4.69, 9.17) is 5.10 Å². The van der Waals surface area contributed by atoms with Gasteiger partial charge >= 0.3 is 0 Å². The third-order valence-corrected chi connectivity index (χ3v) is 6.00. The predicted octanol–water partition coefficient (Wildman–Crippen LogP) is 4.06. The van der Waals surface area contributed by atoms with Crippen molar-refractivity contribution in [3.05, 3.63) is 101 Å². The van der Waals surface area contributed by atoms with E-state index in [1.165, 1.54) is 17.7 Å². The lowest BCUT2D eigenvalue weighted by Gasteiger charge is -2.19. The molecule has 6 nitrogen and oxygen atoms in total. The van der Waals surface area contributed by atoms with E-state index in [9.17, 15) is 9.18 Å². The van der Waals surface area contributed by atoms with Crippen molar-refractivity contribution in [2.24, 2.45) is 7.05 Å². The van der Waals surface area contributed by atoms with Gasteiger partial charge in [0.1, 0.15) is 17.7 Å². The zero-order chi connectivity index (χ0) is 22.2. The molecule has 1 aliphatic rings. The van der Waals surface area contributed by atoms with Crippen LogP contribution in [0.15, 0.2) is 60.9 Å². The Morgan fingerprint density at radius 3 is 2.69 bits per heavy atom. The molecule has 0 spiro atoms. The van der Waals surface area contributed by atoms with Gasteiger partial charge in [0, 0.05) is 30.7 Å². The number of benzene rings is 2. The summed E-state index contributed by atoms with van der Waals surface area (Å²) in [4.78, 5) is 17.9. The number of hydrogen-bond acceptors (Lipinski definition) is 3. The first-order chi connectivity index (χ1) is 15.5. The molecule has 0 saturated heterocycles. The fourth-order valence-corrected chi connectivity index (χ4v) is 4.36. The van der Waals surface area contributed by atoms with Crippen LogP contribution >= 0.6 is 0 Å². The van der Waals surface area contributed by atoms with Crippen molar-refractivity contribution in [1.82, 2.24) is 24.6 Å². The van der Waals surface area contributed by atoms with Crippen molar-refractivity contribution < 1.29 is 9.18 Å². The lowest BCUT2D eigenvalue weighted by atomic mass is 10.1. The summed E-state index contributed by atoms with van der Waals surface area (Å²) < 4.78 is 17.7. The number of imidazole rings is 1. The van der Waals surface area contributed by atoms with E-state index in [-0.39, 0.29) is 11.7 Å². The van der Waals surface area contributed by atoms with Crippen LogP contribution in [0.4, 0.5) is 4.39 Å². The predicted molar refractivity (Wildman–Crippen MR) is 119 cm³/mol. The van der Waals surface area contributed by atoms with Crippen molar-refractivity contribution in [1.29, 1.82) is 0 Å². The van der Waals surface area contributed by atoms with Crippen molar-refractivity contribution >= 4 is 5.91 Å². The summed E-state index contributed by atoms with van der Waals surface area (Å²) in [6.45, 7) is 2.04. The second-order valence-electron chi connectivity index (χ2n) is 8.23. The fraction of sp³-hybridized carbons (Fsp3) is 0.240. The van der Waals surface area contributed by atoms with Crippen LogP contribution in [0.3, 0.4) is 0 Å². The molecule has 5 rings (SSSR count). The minimum atomic E-state index is -0.597. The first-order valence-electron chi connectivity index (χ1n) is 10.7. The van der Waals surface area contributed by atoms with Gasteiger partial charge in [-0.05, 0) is 56.0 Å². The Bertz CT molecular complexity index is 1290. The number of fused-ring (bicyclic) bond motifs is 1. The van der Waals surface area contributed by atoms with Gasteiger partial charge in [0.25, 0.3) is 5.91 Å². The Labute approximate surface area is 185 Å². The average molecular weight is 429 g/mol. The molecule has 0 bridgehead atoms. The molecule has 162 valence electrons. The molecule has 0 radical (unpaired) electrons. The average Bonchev–Trinajstić information content (AvgIpc) is 3.49. The molecule has 1 amide bonds. The molecule has 1 atom stereocenters. The van der Waals surface area contributed by atoms with Gasteiger partial charge in [0.05, 0.1) is 5.69 Å². The summed E-state index contributed by atoms with van der Waals surface area (Å²) in [5.41, 5.74) is 5.23. The number of halogens is 1. The van der Waals surface area contributed by atoms with Crippen molar-refractivity contribution in [3.63, 3.8) is 0 Å². The molecule has 0 saturated carbocycles. The molecule has 2 heterocycles. The van der Waals surface area contributed by atoms with Crippen molar-refractivity contribution in [2.45, 2.75) is 32.2 Å². The van der Waals surface area contributed by atoms with E-state index < -0.39 is 6.04 Å². The van der Waals surface area contributed by atoms with E-state index >= 15 is 0 Å². The molecule has 32 heavy (non-hydrogen) atoms. The monoisotopic (exact) mass is 429 g/mol. The number of aromatic nitrogens is 4. The number of nitrogens with one attached hydrogen (secondary N) is 1. The van der Waals surface area contributed by atoms with E-state index in [1.807, 2.05) is 47.5 Å². The quantitative estimate of drug-likeness (QED) is 0.520. The summed E-state index contributed by atoms with van der Waals surface area (Å²) >= 11 is 0. The van der Waals surface area contributed by atoms with Crippen LogP contribution in [0.5, 0.6) is 0 Å². The molecule has 1 N–H and O–H groups in total. The first-order valence-corrected chi connectivity index (χ1v) is 10.7. The van der Waals surface area contributed by atoms with Crippen molar-refractivity contribution in [2.75, 3.05) is 0 Å². The van der Waals surface area contributed by atoms with E-state index in [2.05, 4.69) is 10.3 Å². The molecular formula is C25H24FN5O. The summed E-state index contributed by atoms with van der Waals surface area (Å²) in [5.74, 6) is -0.0228. The SMILES string of the molecule is Cc1ccc(-n2nc(C(=O)NC(c3cccc(F)c3)c3nccn3C)c3c2CCC3)cc1. The van der Waals surface area contributed by atoms with Crippen LogP contribution < -0.4 is 5.32 Å². The lowest BCUT2D eigenvalue weighted by molar-refractivity contribution is 0.0934. The Kier molecular flexibility index (Phi) is 5.09. The number of rotatable bonds is 5. The Morgan fingerprint density at radius 1 is 1.16 bits per heavy atom. The molecule has 1 aliphatic carbocycles. The molecule has 2 aromatic carbocycles. The summed E-state index contributed by atoms with van der Waals surface area (Å²) in [6, 6.07) is 13.8. The maximum Gasteiger partial charge on any atom is 0.272 e. The van der Waals surface area contributed by atoms with E-state index in [0.29, 0.717) is 17.1 Å². The standard InChI is InChI=1S/C25H24FN5O/c1-16-9-11-19(12-10-16)31-21-8-4-7-20(21)23(29-31)25(32)28-22(24-27-13-14-30(24)2)17-5-3-6-18(26)15-17/h3,5-6,9-15,22H,4,7-8H2,1-2H3,(H,28,32). The third kappa shape index (κ3) is 3.60. The Balaban J connectivity index is 1.53. The number of carbonyl (C=O) groups is 1. The number of nitrogens with zero attached hydrogens (tertiary/aromatic N) is 4. The molecule has 2 aromatic heterocycles. The first kappa shape index (κ1) is 20.2. The second-order valence-corrected chi connectivity index (χ2v) is 8.23. The minimum Gasteiger partial charge on any atom is -0.337 e. The zero-order valence-electron chi connectivity index (χ0n) is 18.0. The van der Waals surface area contributed by atoms with Gasteiger partial charge in [-0.15, -0.1) is 0 Å². The van der Waals surface area contributed by atoms with Gasteiger partial charge in [0.15, 0.2) is 5.69 Å². The van der Waals surface area contributed by atoms with Crippen LogP contribution in [0.1, 0.15) is 51.2 Å². The topological polar surface area (TPSA) is 64.7 Å². The number of hydrogen-bond donors (Lipinski definition) is 1. The van der Waals surface area contributed by atoms with Crippen LogP contribution in [-0.2, 0) is 19.9 Å². The van der Waals surface area contributed by atoms with Crippen LogP contribution in [0.25, 0.3) is 5.69 Å². The Morgan fingerprint density at radius 2 is 1.97 bits per heavy atom. The van der Waals surface area contributed by atoms with Gasteiger partial charge in [-0.2, -0.15) is 5.10 Å². The lowest BCUT2D eigenvalue weighted by Crippen LogP contribution is -2.32. The third-order valence-electron chi connectivity index (χ3n) is 6.00. The van der Waals surface area contributed by atoms with Gasteiger partial charge in [-0.3, -0.25) is 4.79 Å². The highest BCUT2D eigenvalue weighted by atomic mass is 19.1. The van der Waals surface area contributed by atoms with Crippen LogP contribution in [0.2, 0.25) is 0 Å². The van der Waals surface area contributed by atoms with E-state index in [1.54, 1.807) is 24.5 Å². The summed E-state index contributed by atoms with van der Waals surface area (Å²) in [6.07, 6.45) is 6.16. The molecular weight excluding hydrogens is 405 g/mol. The smallest absolute Gasteiger partial charge is 0.272 e. The minimum absolute atomic E-state index is 0.286. The zero-order valence-corrected chi connectivity index (χ0v) is 18.0. The molecule has 7 heteroatoms. The summed E-state index contributed by atoms with van der Waals surface area (Å²) in [5, 5.41) is 7.76. The van der Waals surface area contributed by atoms with Gasteiger partial charge in [-0.1, -0.05) is 29.8 Å². The molecule has 4 aromatic rings. The van der Waals surface area contributed by atoms with E-state index in [0.717, 1.165) is 36.2 Å². The molecule has 0 fully saturated rings. The Hall–Kier alpha value is -3.74. The highest BCUT2D eigenvalue weighted by Crippen LogP contribution is 2.29. The molecule has 1 unspecified atom stereocenters. The highest BCUT2D eigenvalue weighted by Gasteiger charge is 2.29. The summed E-state index contributed by atoms with van der Waals surface area (Å²) in [7, 11) is 1.85. The number of carbonyl (C=O) groups excluding carboxylic acids is 1. The fourth-order valence-electron chi connectivity index (χ4n) is 4.36. The van der Waals surface area contributed by atoms with Crippen molar-refractivity contribution in [3.8, 4) is 5.69 Å².